The van der Waals surface area contributed by atoms with Gasteiger partial charge in [-0.05, 0) is 12.1 Å². The topological polar surface area (TPSA) is 29.5 Å². The Balaban J connectivity index is 2.61. The first-order valence-corrected chi connectivity index (χ1v) is 4.40. The van der Waals surface area contributed by atoms with E-state index in [0.29, 0.717) is 5.75 Å². The molecule has 13 heavy (non-hydrogen) atoms. The summed E-state index contributed by atoms with van der Waals surface area (Å²) in [6, 6.07) is 9.33. The van der Waals surface area contributed by atoms with Crippen LogP contribution in [0.4, 0.5) is 0 Å². The van der Waals surface area contributed by atoms with E-state index in [9.17, 15) is 5.11 Å². The molecule has 0 saturated heterocycles. The number of benzene rings is 1. The highest BCUT2D eigenvalue weighted by molar-refractivity contribution is 5.21. The average molecular weight is 180 g/mol. The third kappa shape index (κ3) is 3.07. The molecule has 1 atom stereocenters. The van der Waals surface area contributed by atoms with Gasteiger partial charge in [-0.1, -0.05) is 39.0 Å². The number of ether oxygens (including phenoxy) is 1. The molecule has 0 amide bonds. The van der Waals surface area contributed by atoms with E-state index in [4.69, 9.17) is 4.74 Å². The Labute approximate surface area is 79.2 Å². The fraction of sp³-hybridized carbons (Fsp3) is 0.455. The van der Waals surface area contributed by atoms with E-state index in [1.165, 1.54) is 0 Å². The summed E-state index contributed by atoms with van der Waals surface area (Å²) in [6.45, 7) is 5.79. The number of hydrogen-bond acceptors (Lipinski definition) is 2. The highest BCUT2D eigenvalue weighted by Gasteiger charge is 2.23. The van der Waals surface area contributed by atoms with E-state index >= 15 is 0 Å². The molecule has 0 aromatic heterocycles. The average Bonchev–Trinajstić information content (AvgIpc) is 2.04. The lowest BCUT2D eigenvalue weighted by Crippen LogP contribution is -2.31. The number of aliphatic hydroxyl groups is 1. The second kappa shape index (κ2) is 3.79. The smallest absolute Gasteiger partial charge is 0.202 e. The van der Waals surface area contributed by atoms with E-state index < -0.39 is 6.29 Å². The SMILES string of the molecule is CC(C)(C)[C@H](O)Oc1ccccc1. The molecular formula is C11H16O2. The van der Waals surface area contributed by atoms with Crippen LogP contribution < -0.4 is 4.74 Å². The molecule has 72 valence electrons. The molecule has 1 N–H and O–H groups in total. The summed E-state index contributed by atoms with van der Waals surface area (Å²) in [6.07, 6.45) is -0.769. The first-order valence-electron chi connectivity index (χ1n) is 4.40. The highest BCUT2D eigenvalue weighted by Crippen LogP contribution is 2.22. The van der Waals surface area contributed by atoms with Gasteiger partial charge in [-0.15, -0.1) is 0 Å². The maximum absolute atomic E-state index is 9.62. The van der Waals surface area contributed by atoms with Crippen molar-refractivity contribution in [2.45, 2.75) is 27.1 Å². The number of para-hydroxylation sites is 1. The molecule has 0 unspecified atom stereocenters. The molecule has 0 saturated carbocycles. The van der Waals surface area contributed by atoms with Gasteiger partial charge in [0.1, 0.15) is 5.75 Å². The Morgan fingerprint density at radius 1 is 1.15 bits per heavy atom. The van der Waals surface area contributed by atoms with Gasteiger partial charge in [0.25, 0.3) is 0 Å². The maximum atomic E-state index is 9.62. The molecule has 1 rings (SSSR count). The summed E-state index contributed by atoms with van der Waals surface area (Å²) in [4.78, 5) is 0. The van der Waals surface area contributed by atoms with Crippen LogP contribution in [0.5, 0.6) is 5.75 Å². The van der Waals surface area contributed by atoms with Crippen molar-refractivity contribution in [2.75, 3.05) is 0 Å². The molecule has 0 radical (unpaired) electrons. The Kier molecular flexibility index (Phi) is 2.94. The second-order valence-corrected chi connectivity index (χ2v) is 4.15. The molecule has 0 heterocycles. The number of rotatable bonds is 2. The van der Waals surface area contributed by atoms with Crippen LogP contribution in [0.2, 0.25) is 0 Å². The van der Waals surface area contributed by atoms with Crippen LogP contribution in [-0.2, 0) is 0 Å². The van der Waals surface area contributed by atoms with Gasteiger partial charge in [0, 0.05) is 5.41 Å². The standard InChI is InChI=1S/C11H16O2/c1-11(2,3)10(12)13-9-7-5-4-6-8-9/h4-8,10,12H,1-3H3/t10-/m1/s1. The van der Waals surface area contributed by atoms with Crippen molar-refractivity contribution in [3.63, 3.8) is 0 Å². The Morgan fingerprint density at radius 3 is 2.15 bits per heavy atom. The van der Waals surface area contributed by atoms with Crippen molar-refractivity contribution in [2.24, 2.45) is 5.41 Å². The normalized spacial score (nSPS) is 13.8. The molecule has 0 aliphatic carbocycles. The largest absolute Gasteiger partial charge is 0.465 e. The summed E-state index contributed by atoms with van der Waals surface area (Å²) in [5.41, 5.74) is -0.254. The second-order valence-electron chi connectivity index (χ2n) is 4.15. The molecule has 1 aromatic carbocycles. The summed E-state index contributed by atoms with van der Waals surface area (Å²) in [5, 5.41) is 9.62. The minimum atomic E-state index is -0.769. The van der Waals surface area contributed by atoms with Gasteiger partial charge in [-0.25, -0.2) is 0 Å². The summed E-state index contributed by atoms with van der Waals surface area (Å²) >= 11 is 0. The quantitative estimate of drug-likeness (QED) is 0.708. The van der Waals surface area contributed by atoms with E-state index in [-0.39, 0.29) is 5.41 Å². The van der Waals surface area contributed by atoms with Gasteiger partial charge in [-0.2, -0.15) is 0 Å². The van der Waals surface area contributed by atoms with Gasteiger partial charge in [0.2, 0.25) is 6.29 Å². The van der Waals surface area contributed by atoms with Gasteiger partial charge in [0.05, 0.1) is 0 Å². The van der Waals surface area contributed by atoms with Crippen molar-refractivity contribution in [1.29, 1.82) is 0 Å². The molecule has 2 heteroatoms. The lowest BCUT2D eigenvalue weighted by molar-refractivity contribution is -0.0931. The lowest BCUT2D eigenvalue weighted by atomic mass is 9.96. The van der Waals surface area contributed by atoms with Crippen molar-refractivity contribution in [1.82, 2.24) is 0 Å². The van der Waals surface area contributed by atoms with Crippen LogP contribution in [0.3, 0.4) is 0 Å². The Morgan fingerprint density at radius 2 is 1.69 bits per heavy atom. The van der Waals surface area contributed by atoms with Gasteiger partial charge >= 0.3 is 0 Å². The molecule has 0 aliphatic rings. The molecule has 0 aliphatic heterocycles. The Bertz CT molecular complexity index is 249. The zero-order valence-corrected chi connectivity index (χ0v) is 8.32. The van der Waals surface area contributed by atoms with Crippen LogP contribution in [0.1, 0.15) is 20.8 Å². The first-order chi connectivity index (χ1) is 6.00. The highest BCUT2D eigenvalue weighted by atomic mass is 16.6. The molecule has 2 nitrogen and oxygen atoms in total. The number of aliphatic hydroxyl groups excluding tert-OH is 1. The molecule has 0 bridgehead atoms. The fourth-order valence-electron chi connectivity index (χ4n) is 0.805. The van der Waals surface area contributed by atoms with Gasteiger partial charge < -0.3 is 9.84 Å². The summed E-state index contributed by atoms with van der Waals surface area (Å²) in [7, 11) is 0. The minimum absolute atomic E-state index is 0.254. The van der Waals surface area contributed by atoms with E-state index in [1.807, 2.05) is 51.1 Å². The van der Waals surface area contributed by atoms with Crippen LogP contribution in [-0.4, -0.2) is 11.4 Å². The summed E-state index contributed by atoms with van der Waals surface area (Å²) < 4.78 is 5.33. The third-order valence-corrected chi connectivity index (χ3v) is 1.73. The first kappa shape index (κ1) is 10.1. The predicted molar refractivity (Wildman–Crippen MR) is 52.5 cm³/mol. The lowest BCUT2D eigenvalue weighted by Gasteiger charge is -2.26. The minimum Gasteiger partial charge on any atom is -0.465 e. The zero-order valence-electron chi connectivity index (χ0n) is 8.32. The maximum Gasteiger partial charge on any atom is 0.202 e. The summed E-state index contributed by atoms with van der Waals surface area (Å²) in [5.74, 6) is 0.699. The monoisotopic (exact) mass is 180 g/mol. The van der Waals surface area contributed by atoms with Crippen molar-refractivity contribution < 1.29 is 9.84 Å². The van der Waals surface area contributed by atoms with Crippen LogP contribution >= 0.6 is 0 Å². The van der Waals surface area contributed by atoms with Gasteiger partial charge in [0.15, 0.2) is 0 Å². The van der Waals surface area contributed by atoms with E-state index in [1.54, 1.807) is 0 Å². The van der Waals surface area contributed by atoms with E-state index in [0.717, 1.165) is 0 Å². The van der Waals surface area contributed by atoms with Gasteiger partial charge in [-0.3, -0.25) is 0 Å². The van der Waals surface area contributed by atoms with Crippen molar-refractivity contribution in [3.8, 4) is 5.75 Å². The zero-order chi connectivity index (χ0) is 9.90. The van der Waals surface area contributed by atoms with Crippen molar-refractivity contribution >= 4 is 0 Å². The number of hydrogen-bond donors (Lipinski definition) is 1. The van der Waals surface area contributed by atoms with E-state index in [2.05, 4.69) is 0 Å². The van der Waals surface area contributed by atoms with Crippen LogP contribution in [0, 0.1) is 5.41 Å². The predicted octanol–water partition coefficient (Wildman–Crippen LogP) is 2.43. The van der Waals surface area contributed by atoms with Crippen LogP contribution in [0.25, 0.3) is 0 Å². The third-order valence-electron chi connectivity index (χ3n) is 1.73. The van der Waals surface area contributed by atoms with Crippen molar-refractivity contribution in [3.05, 3.63) is 30.3 Å². The fourth-order valence-corrected chi connectivity index (χ4v) is 0.805. The molecular weight excluding hydrogens is 164 g/mol. The van der Waals surface area contributed by atoms with Crippen LogP contribution in [0.15, 0.2) is 30.3 Å². The molecule has 0 spiro atoms. The molecule has 0 fully saturated rings. The molecule has 1 aromatic rings. The Hall–Kier alpha value is -1.02.